The molecule has 2 saturated heterocycles. The van der Waals surface area contributed by atoms with Crippen molar-refractivity contribution in [2.45, 2.75) is 37.8 Å². The molecule has 0 bridgehead atoms. The van der Waals surface area contributed by atoms with Crippen LogP contribution in [0.25, 0.3) is 0 Å². The molecule has 2 N–H and O–H groups in total. The van der Waals surface area contributed by atoms with Gasteiger partial charge in [-0.1, -0.05) is 0 Å². The van der Waals surface area contributed by atoms with Crippen LogP contribution in [-0.2, 0) is 9.53 Å². The lowest BCUT2D eigenvalue weighted by Gasteiger charge is -2.22. The summed E-state index contributed by atoms with van der Waals surface area (Å²) in [7, 11) is 0. The van der Waals surface area contributed by atoms with E-state index in [0.717, 1.165) is 44.5 Å². The van der Waals surface area contributed by atoms with Crippen LogP contribution in [0.3, 0.4) is 0 Å². The fourth-order valence-electron chi connectivity index (χ4n) is 2.68. The number of piperidine rings is 1. The van der Waals surface area contributed by atoms with E-state index in [-0.39, 0.29) is 12.0 Å². The van der Waals surface area contributed by atoms with Crippen LogP contribution >= 0.6 is 0 Å². The van der Waals surface area contributed by atoms with Gasteiger partial charge >= 0.3 is 0 Å². The molecule has 3 rings (SSSR count). The highest BCUT2D eigenvalue weighted by atomic mass is 16.5. The quantitative estimate of drug-likeness (QED) is 0.852. The van der Waals surface area contributed by atoms with E-state index < -0.39 is 0 Å². The Balaban J connectivity index is 1.59. The molecule has 0 radical (unpaired) electrons. The number of hydrogen-bond donors (Lipinski definition) is 2. The maximum Gasteiger partial charge on any atom is 0.253 e. The van der Waals surface area contributed by atoms with Gasteiger partial charge in [0.1, 0.15) is 6.10 Å². The smallest absolute Gasteiger partial charge is 0.253 e. The minimum absolute atomic E-state index is 0.0534. The maximum atomic E-state index is 11.9. The fraction of sp³-hybridized carbons (Fsp3) is 0.692. The summed E-state index contributed by atoms with van der Waals surface area (Å²) in [5, 5.41) is 10.6. The molecular formula is C13H20N4O2. The van der Waals surface area contributed by atoms with Crippen LogP contribution < -0.4 is 10.6 Å². The molecule has 6 heteroatoms. The van der Waals surface area contributed by atoms with Crippen LogP contribution in [-0.4, -0.2) is 41.5 Å². The number of amides is 1. The lowest BCUT2D eigenvalue weighted by Crippen LogP contribution is -2.29. The van der Waals surface area contributed by atoms with Crippen molar-refractivity contribution in [3.05, 3.63) is 12.4 Å². The zero-order valence-corrected chi connectivity index (χ0v) is 11.0. The summed E-state index contributed by atoms with van der Waals surface area (Å²) in [6.45, 7) is 2.75. The second-order valence-corrected chi connectivity index (χ2v) is 5.18. The van der Waals surface area contributed by atoms with Gasteiger partial charge in [-0.3, -0.25) is 9.48 Å². The summed E-state index contributed by atoms with van der Waals surface area (Å²) in [6, 6.07) is 0.439. The minimum atomic E-state index is -0.290. The van der Waals surface area contributed by atoms with E-state index in [9.17, 15) is 4.79 Å². The standard InChI is InChI=1S/C13H20N4O2/c18-13(12-2-1-7-19-12)16-10-8-15-17(9-10)11-3-5-14-6-4-11/h8-9,11-12,14H,1-7H2,(H,16,18). The van der Waals surface area contributed by atoms with Crippen LogP contribution in [0.4, 0.5) is 5.69 Å². The van der Waals surface area contributed by atoms with Crippen LogP contribution in [0.5, 0.6) is 0 Å². The molecule has 3 heterocycles. The Labute approximate surface area is 112 Å². The molecule has 1 aromatic heterocycles. The summed E-state index contributed by atoms with van der Waals surface area (Å²) in [5.74, 6) is -0.0534. The third-order valence-corrected chi connectivity index (χ3v) is 3.77. The highest BCUT2D eigenvalue weighted by Crippen LogP contribution is 2.20. The molecule has 0 aliphatic carbocycles. The molecule has 0 saturated carbocycles. The van der Waals surface area contributed by atoms with Crippen molar-refractivity contribution in [3.8, 4) is 0 Å². The van der Waals surface area contributed by atoms with E-state index in [4.69, 9.17) is 4.74 Å². The molecule has 19 heavy (non-hydrogen) atoms. The minimum Gasteiger partial charge on any atom is -0.368 e. The second kappa shape index (κ2) is 5.71. The van der Waals surface area contributed by atoms with Gasteiger partial charge in [-0.05, 0) is 38.8 Å². The Kier molecular flexibility index (Phi) is 3.79. The number of carbonyl (C=O) groups excluding carboxylic acids is 1. The molecule has 6 nitrogen and oxygen atoms in total. The van der Waals surface area contributed by atoms with Gasteiger partial charge in [0.25, 0.3) is 5.91 Å². The highest BCUT2D eigenvalue weighted by molar-refractivity contribution is 5.94. The topological polar surface area (TPSA) is 68.2 Å². The Morgan fingerprint density at radius 2 is 2.26 bits per heavy atom. The lowest BCUT2D eigenvalue weighted by molar-refractivity contribution is -0.124. The number of rotatable bonds is 3. The molecule has 1 amide bonds. The normalized spacial score (nSPS) is 24.5. The van der Waals surface area contributed by atoms with E-state index in [1.807, 2.05) is 10.9 Å². The lowest BCUT2D eigenvalue weighted by atomic mass is 10.1. The van der Waals surface area contributed by atoms with Gasteiger partial charge in [-0.2, -0.15) is 5.10 Å². The van der Waals surface area contributed by atoms with E-state index in [1.54, 1.807) is 6.20 Å². The second-order valence-electron chi connectivity index (χ2n) is 5.18. The number of ether oxygens (including phenoxy) is 1. The van der Waals surface area contributed by atoms with E-state index in [2.05, 4.69) is 15.7 Å². The molecule has 1 unspecified atom stereocenters. The van der Waals surface area contributed by atoms with Crippen LogP contribution in [0, 0.1) is 0 Å². The summed E-state index contributed by atoms with van der Waals surface area (Å²) in [6.07, 6.45) is 7.29. The molecule has 2 aliphatic heterocycles. The number of hydrogen-bond acceptors (Lipinski definition) is 4. The molecule has 104 valence electrons. The van der Waals surface area contributed by atoms with Gasteiger partial charge in [-0.25, -0.2) is 0 Å². The predicted octanol–water partition coefficient (Wildman–Crippen LogP) is 0.925. The first kappa shape index (κ1) is 12.6. The van der Waals surface area contributed by atoms with Crippen molar-refractivity contribution >= 4 is 11.6 Å². The SMILES string of the molecule is O=C(Nc1cnn(C2CCNCC2)c1)C1CCCO1. The van der Waals surface area contributed by atoms with Crippen LogP contribution in [0.15, 0.2) is 12.4 Å². The first-order valence-corrected chi connectivity index (χ1v) is 7.00. The molecule has 1 atom stereocenters. The Morgan fingerprint density at radius 1 is 1.42 bits per heavy atom. The largest absolute Gasteiger partial charge is 0.368 e. The summed E-state index contributed by atoms with van der Waals surface area (Å²) < 4.78 is 7.33. The first-order valence-electron chi connectivity index (χ1n) is 7.00. The van der Waals surface area contributed by atoms with E-state index >= 15 is 0 Å². The predicted molar refractivity (Wildman–Crippen MR) is 71.0 cm³/mol. The van der Waals surface area contributed by atoms with E-state index in [1.165, 1.54) is 0 Å². The zero-order valence-electron chi connectivity index (χ0n) is 11.0. The summed E-state index contributed by atoms with van der Waals surface area (Å²) in [5.41, 5.74) is 0.763. The molecular weight excluding hydrogens is 244 g/mol. The van der Waals surface area contributed by atoms with E-state index in [0.29, 0.717) is 12.6 Å². The average Bonchev–Trinajstić information content (AvgIpc) is 3.11. The van der Waals surface area contributed by atoms with Crippen molar-refractivity contribution in [2.75, 3.05) is 25.0 Å². The third-order valence-electron chi connectivity index (χ3n) is 3.77. The Bertz CT molecular complexity index is 434. The zero-order chi connectivity index (χ0) is 13.1. The van der Waals surface area contributed by atoms with Crippen molar-refractivity contribution in [2.24, 2.45) is 0 Å². The molecule has 0 aromatic carbocycles. The first-order chi connectivity index (χ1) is 9.33. The molecule has 2 fully saturated rings. The van der Waals surface area contributed by atoms with Crippen molar-refractivity contribution in [1.29, 1.82) is 0 Å². The van der Waals surface area contributed by atoms with Gasteiger partial charge in [0.2, 0.25) is 0 Å². The number of nitrogens with one attached hydrogen (secondary N) is 2. The maximum absolute atomic E-state index is 11.9. The monoisotopic (exact) mass is 264 g/mol. The van der Waals surface area contributed by atoms with Crippen molar-refractivity contribution in [3.63, 3.8) is 0 Å². The van der Waals surface area contributed by atoms with Crippen molar-refractivity contribution < 1.29 is 9.53 Å². The number of anilines is 1. The number of aromatic nitrogens is 2. The van der Waals surface area contributed by atoms with Gasteiger partial charge < -0.3 is 15.4 Å². The summed E-state index contributed by atoms with van der Waals surface area (Å²) >= 11 is 0. The fourth-order valence-corrected chi connectivity index (χ4v) is 2.68. The molecule has 2 aliphatic rings. The van der Waals surface area contributed by atoms with Gasteiger partial charge in [0.15, 0.2) is 0 Å². The average molecular weight is 264 g/mol. The van der Waals surface area contributed by atoms with Crippen LogP contribution in [0.1, 0.15) is 31.7 Å². The molecule has 1 aromatic rings. The Hall–Kier alpha value is -1.40. The van der Waals surface area contributed by atoms with Gasteiger partial charge in [0.05, 0.1) is 17.9 Å². The van der Waals surface area contributed by atoms with Gasteiger partial charge in [0, 0.05) is 12.8 Å². The van der Waals surface area contributed by atoms with Gasteiger partial charge in [-0.15, -0.1) is 0 Å². The van der Waals surface area contributed by atoms with Crippen molar-refractivity contribution in [1.82, 2.24) is 15.1 Å². The van der Waals surface area contributed by atoms with Crippen LogP contribution in [0.2, 0.25) is 0 Å². The Morgan fingerprint density at radius 3 is 3.00 bits per heavy atom. The summed E-state index contributed by atoms with van der Waals surface area (Å²) in [4.78, 5) is 11.9. The number of carbonyl (C=O) groups is 1. The highest BCUT2D eigenvalue weighted by Gasteiger charge is 2.24. The third kappa shape index (κ3) is 2.96. The molecule has 0 spiro atoms. The number of nitrogens with zero attached hydrogens (tertiary/aromatic N) is 2.